The highest BCUT2D eigenvalue weighted by Crippen LogP contribution is 2.48. The summed E-state index contributed by atoms with van der Waals surface area (Å²) in [6.45, 7) is 3.73. The Labute approximate surface area is 180 Å². The van der Waals surface area contributed by atoms with Crippen LogP contribution in [0.4, 0.5) is 8.78 Å². The normalized spacial score (nSPS) is 33.5. The van der Waals surface area contributed by atoms with E-state index in [4.69, 9.17) is 21.1 Å². The summed E-state index contributed by atoms with van der Waals surface area (Å²) in [5, 5.41) is 9.83. The summed E-state index contributed by atoms with van der Waals surface area (Å²) in [6.07, 6.45) is 2.94. The van der Waals surface area contributed by atoms with Crippen molar-refractivity contribution in [1.29, 1.82) is 0 Å². The van der Waals surface area contributed by atoms with Gasteiger partial charge in [-0.15, -0.1) is 0 Å². The molecule has 0 radical (unpaired) electrons. The average Bonchev–Trinajstić information content (AvgIpc) is 2.64. The molecule has 8 heteroatoms. The molecule has 3 aliphatic rings. The molecule has 2 unspecified atom stereocenters. The summed E-state index contributed by atoms with van der Waals surface area (Å²) >= 11 is 6.13. The second-order valence-electron chi connectivity index (χ2n) is 9.14. The first-order chi connectivity index (χ1) is 14.0. The molecule has 5 nitrogen and oxygen atoms in total. The zero-order valence-corrected chi connectivity index (χ0v) is 18.2. The van der Waals surface area contributed by atoms with Crippen molar-refractivity contribution < 1.29 is 28.2 Å². The van der Waals surface area contributed by atoms with Gasteiger partial charge in [0.25, 0.3) is 5.92 Å². The van der Waals surface area contributed by atoms with Crippen LogP contribution >= 0.6 is 11.6 Å². The number of alkyl halides is 2. The first-order valence-corrected chi connectivity index (χ1v) is 10.9. The minimum absolute atomic E-state index is 0.0391. The van der Waals surface area contributed by atoms with E-state index < -0.39 is 23.8 Å². The van der Waals surface area contributed by atoms with Crippen molar-refractivity contribution >= 4 is 17.6 Å². The van der Waals surface area contributed by atoms with Gasteiger partial charge in [0, 0.05) is 48.4 Å². The zero-order valence-electron chi connectivity index (χ0n) is 17.5. The molecule has 1 aromatic rings. The molecule has 2 atom stereocenters. The number of carboxylic acids is 1. The smallest absolute Gasteiger partial charge is 0.336 e. The minimum atomic E-state index is -2.51. The lowest BCUT2D eigenvalue weighted by atomic mass is 9.78. The molecule has 2 aliphatic carbocycles. The molecule has 0 aromatic heterocycles. The van der Waals surface area contributed by atoms with Crippen LogP contribution in [0.5, 0.6) is 5.75 Å². The Bertz CT molecular complexity index is 835. The molecule has 2 saturated carbocycles. The molecular formula is C22H28ClF2NO4. The van der Waals surface area contributed by atoms with E-state index in [1.165, 1.54) is 6.07 Å². The first kappa shape index (κ1) is 21.8. The zero-order chi connectivity index (χ0) is 21.8. The Hall–Kier alpha value is -1.44. The molecule has 166 valence electrons. The van der Waals surface area contributed by atoms with Gasteiger partial charge in [-0.05, 0) is 51.8 Å². The van der Waals surface area contributed by atoms with Gasteiger partial charge in [0.05, 0.1) is 11.7 Å². The molecule has 4 rings (SSSR count). The predicted octanol–water partition coefficient (Wildman–Crippen LogP) is 5.51. The molecule has 1 aliphatic heterocycles. The number of rotatable bonds is 4. The van der Waals surface area contributed by atoms with Crippen molar-refractivity contribution in [3.05, 3.63) is 28.3 Å². The van der Waals surface area contributed by atoms with E-state index in [1.54, 1.807) is 6.07 Å². The highest BCUT2D eigenvalue weighted by molar-refractivity contribution is 6.31. The van der Waals surface area contributed by atoms with Crippen LogP contribution in [-0.4, -0.2) is 46.8 Å². The average molecular weight is 444 g/mol. The van der Waals surface area contributed by atoms with Crippen molar-refractivity contribution in [1.82, 2.24) is 4.90 Å². The number of benzene rings is 1. The Kier molecular flexibility index (Phi) is 5.52. The van der Waals surface area contributed by atoms with E-state index in [0.29, 0.717) is 16.3 Å². The van der Waals surface area contributed by atoms with Gasteiger partial charge in [-0.2, -0.15) is 0 Å². The molecule has 30 heavy (non-hydrogen) atoms. The maximum Gasteiger partial charge on any atom is 0.336 e. The van der Waals surface area contributed by atoms with E-state index in [0.717, 1.165) is 25.7 Å². The van der Waals surface area contributed by atoms with Crippen molar-refractivity contribution in [2.45, 2.75) is 82.3 Å². The second-order valence-corrected chi connectivity index (χ2v) is 9.57. The predicted molar refractivity (Wildman–Crippen MR) is 108 cm³/mol. The fraction of sp³-hybridized carbons (Fsp3) is 0.682. The van der Waals surface area contributed by atoms with Gasteiger partial charge in [-0.3, -0.25) is 0 Å². The fourth-order valence-electron chi connectivity index (χ4n) is 5.33. The molecular weight excluding hydrogens is 416 g/mol. The lowest BCUT2D eigenvalue weighted by Gasteiger charge is -2.49. The van der Waals surface area contributed by atoms with Gasteiger partial charge in [0.2, 0.25) is 5.79 Å². The van der Waals surface area contributed by atoms with E-state index in [-0.39, 0.29) is 36.4 Å². The van der Waals surface area contributed by atoms with Crippen LogP contribution in [0.2, 0.25) is 5.02 Å². The molecule has 1 N–H and O–H groups in total. The third-order valence-electron chi connectivity index (χ3n) is 7.13. The Balaban J connectivity index is 1.45. The van der Waals surface area contributed by atoms with Crippen molar-refractivity contribution in [2.24, 2.45) is 5.92 Å². The van der Waals surface area contributed by atoms with Gasteiger partial charge in [0.1, 0.15) is 5.75 Å². The lowest BCUT2D eigenvalue weighted by Crippen LogP contribution is -2.54. The summed E-state index contributed by atoms with van der Waals surface area (Å²) in [6, 6.07) is 3.31. The maximum absolute atomic E-state index is 13.2. The molecule has 1 aromatic carbocycles. The van der Waals surface area contributed by atoms with Crippen molar-refractivity contribution in [2.75, 3.05) is 7.05 Å². The van der Waals surface area contributed by atoms with E-state index in [2.05, 4.69) is 4.90 Å². The van der Waals surface area contributed by atoms with Crippen LogP contribution in [0, 0.1) is 5.92 Å². The largest absolute Gasteiger partial charge is 0.478 e. The highest BCUT2D eigenvalue weighted by atomic mass is 35.5. The first-order valence-electron chi connectivity index (χ1n) is 10.5. The van der Waals surface area contributed by atoms with Gasteiger partial charge in [0.15, 0.2) is 0 Å². The molecule has 1 heterocycles. The highest BCUT2D eigenvalue weighted by Gasteiger charge is 2.50. The summed E-state index contributed by atoms with van der Waals surface area (Å²) in [7, 11) is 1.95. The number of nitrogens with zero attached hydrogens (tertiary/aromatic N) is 1. The second kappa shape index (κ2) is 7.61. The van der Waals surface area contributed by atoms with Crippen LogP contribution in [-0.2, 0) is 4.74 Å². The number of halogens is 3. The van der Waals surface area contributed by atoms with Gasteiger partial charge in [-0.25, -0.2) is 13.6 Å². The van der Waals surface area contributed by atoms with Gasteiger partial charge < -0.3 is 19.5 Å². The van der Waals surface area contributed by atoms with Crippen LogP contribution in [0.3, 0.4) is 0 Å². The van der Waals surface area contributed by atoms with E-state index in [1.807, 2.05) is 20.9 Å². The molecule has 0 amide bonds. The number of carbonyl (C=O) groups is 1. The third kappa shape index (κ3) is 3.92. The number of fused-ring (bicyclic) bond motifs is 1. The van der Waals surface area contributed by atoms with Crippen LogP contribution in [0.25, 0.3) is 0 Å². The van der Waals surface area contributed by atoms with Crippen molar-refractivity contribution in [3.63, 3.8) is 0 Å². The Morgan fingerprint density at radius 2 is 1.83 bits per heavy atom. The van der Waals surface area contributed by atoms with E-state index >= 15 is 0 Å². The fourth-order valence-corrected chi connectivity index (χ4v) is 5.54. The topological polar surface area (TPSA) is 59.0 Å². The summed E-state index contributed by atoms with van der Waals surface area (Å²) in [5.41, 5.74) is 0.596. The number of hydrogen-bond donors (Lipinski definition) is 1. The molecule has 0 spiro atoms. The number of carboxylic acid groups (broad SMARTS) is 1. The quantitative estimate of drug-likeness (QED) is 0.664. The summed E-state index contributed by atoms with van der Waals surface area (Å²) in [4.78, 5) is 13.8. The minimum Gasteiger partial charge on any atom is -0.478 e. The third-order valence-corrected chi connectivity index (χ3v) is 7.34. The SMILES string of the molecule is CC1OC(C)(C2CCC(N(C)C3CC(F)(F)C3)CC2)Oc2cc(Cl)cc(C(=O)O)c21. The standard InChI is InChI=1S/C22H28ClF2NO4/c1-12-19-17(20(27)28)8-14(23)9-18(19)30-21(2,29-12)13-4-6-15(7-5-13)26(3)16-10-22(24,25)11-16/h8-9,12-13,15-16H,4-7,10-11H2,1-3H3,(H,27,28). The summed E-state index contributed by atoms with van der Waals surface area (Å²) in [5.74, 6) is -3.89. The summed E-state index contributed by atoms with van der Waals surface area (Å²) < 4.78 is 38.9. The van der Waals surface area contributed by atoms with Crippen LogP contribution in [0.1, 0.15) is 74.4 Å². The molecule has 2 fully saturated rings. The Morgan fingerprint density at radius 1 is 1.20 bits per heavy atom. The van der Waals surface area contributed by atoms with Gasteiger partial charge in [-0.1, -0.05) is 11.6 Å². The number of hydrogen-bond acceptors (Lipinski definition) is 4. The van der Waals surface area contributed by atoms with Gasteiger partial charge >= 0.3 is 5.97 Å². The Morgan fingerprint density at radius 3 is 2.40 bits per heavy atom. The number of ether oxygens (including phenoxy) is 2. The molecule has 0 bridgehead atoms. The maximum atomic E-state index is 13.2. The number of aromatic carboxylic acids is 1. The van der Waals surface area contributed by atoms with E-state index in [9.17, 15) is 18.7 Å². The van der Waals surface area contributed by atoms with Crippen molar-refractivity contribution in [3.8, 4) is 5.75 Å². The molecule has 0 saturated heterocycles. The monoisotopic (exact) mass is 443 g/mol. The lowest BCUT2D eigenvalue weighted by molar-refractivity contribution is -0.250. The van der Waals surface area contributed by atoms with Crippen LogP contribution < -0.4 is 4.74 Å². The van der Waals surface area contributed by atoms with Crippen LogP contribution in [0.15, 0.2) is 12.1 Å².